The van der Waals surface area contributed by atoms with Crippen molar-refractivity contribution in [2.75, 3.05) is 18.6 Å². The van der Waals surface area contributed by atoms with Gasteiger partial charge < -0.3 is 20.1 Å². The highest BCUT2D eigenvalue weighted by molar-refractivity contribution is 5.98. The molecule has 7 heteroatoms. The quantitative estimate of drug-likeness (QED) is 0.844. The lowest BCUT2D eigenvalue weighted by Crippen LogP contribution is -2.26. The maximum atomic E-state index is 12.4. The van der Waals surface area contributed by atoms with Gasteiger partial charge in [0.05, 0.1) is 7.11 Å². The first-order valence-corrected chi connectivity index (χ1v) is 8.50. The second-order valence-electron chi connectivity index (χ2n) is 6.29. The molecule has 0 atom stereocenters. The maximum absolute atomic E-state index is 12.4. The van der Waals surface area contributed by atoms with E-state index in [9.17, 15) is 19.5 Å². The van der Waals surface area contributed by atoms with Crippen LogP contribution >= 0.6 is 0 Å². The van der Waals surface area contributed by atoms with Crippen molar-refractivity contribution >= 4 is 23.5 Å². The van der Waals surface area contributed by atoms with Crippen molar-refractivity contribution in [2.45, 2.75) is 19.9 Å². The molecule has 2 aromatic carbocycles. The van der Waals surface area contributed by atoms with E-state index in [0.29, 0.717) is 17.7 Å². The summed E-state index contributed by atoms with van der Waals surface area (Å²) in [4.78, 5) is 37.0. The van der Waals surface area contributed by atoms with Gasteiger partial charge in [-0.05, 0) is 47.9 Å². The molecular weight excluding hydrogens is 348 g/mol. The number of fused-ring (bicyclic) bond motifs is 1. The number of hydrogen-bond donors (Lipinski definition) is 2. The van der Waals surface area contributed by atoms with Gasteiger partial charge in [0.2, 0.25) is 5.91 Å². The summed E-state index contributed by atoms with van der Waals surface area (Å²) in [5.41, 5.74) is 3.03. The van der Waals surface area contributed by atoms with Gasteiger partial charge in [-0.2, -0.15) is 0 Å². The number of amides is 2. The summed E-state index contributed by atoms with van der Waals surface area (Å²) in [6, 6.07) is 10.0. The molecule has 0 saturated heterocycles. The second-order valence-corrected chi connectivity index (χ2v) is 6.29. The van der Waals surface area contributed by atoms with Crippen LogP contribution in [-0.2, 0) is 17.8 Å². The maximum Gasteiger partial charge on any atom is 0.339 e. The highest BCUT2D eigenvalue weighted by atomic mass is 16.5. The molecule has 1 heterocycles. The summed E-state index contributed by atoms with van der Waals surface area (Å²) in [5.74, 6) is -1.09. The van der Waals surface area contributed by atoms with E-state index in [1.165, 1.54) is 20.1 Å². The molecule has 1 aliphatic rings. The lowest BCUT2D eigenvalue weighted by atomic mass is 10.1. The minimum atomic E-state index is -1.09. The van der Waals surface area contributed by atoms with Crippen molar-refractivity contribution in [3.63, 3.8) is 0 Å². The number of hydrogen-bond acceptors (Lipinski definition) is 4. The Bertz CT molecular complexity index is 923. The van der Waals surface area contributed by atoms with Gasteiger partial charge in [-0.3, -0.25) is 9.59 Å². The van der Waals surface area contributed by atoms with Crippen LogP contribution < -0.4 is 15.0 Å². The van der Waals surface area contributed by atoms with Crippen LogP contribution in [0.2, 0.25) is 0 Å². The van der Waals surface area contributed by atoms with Gasteiger partial charge in [0.1, 0.15) is 11.3 Å². The number of carbonyl (C=O) groups is 3. The first-order valence-electron chi connectivity index (χ1n) is 8.50. The molecule has 2 aromatic rings. The lowest BCUT2D eigenvalue weighted by molar-refractivity contribution is -0.116. The number of methoxy groups -OCH3 is 1. The molecule has 2 amide bonds. The molecule has 0 aromatic heterocycles. The largest absolute Gasteiger partial charge is 0.496 e. The van der Waals surface area contributed by atoms with Gasteiger partial charge in [0, 0.05) is 31.3 Å². The van der Waals surface area contributed by atoms with E-state index in [1.54, 1.807) is 35.2 Å². The van der Waals surface area contributed by atoms with Crippen LogP contribution in [0, 0.1) is 0 Å². The molecule has 0 bridgehead atoms. The summed E-state index contributed by atoms with van der Waals surface area (Å²) in [7, 11) is 1.41. The van der Waals surface area contributed by atoms with E-state index in [4.69, 9.17) is 4.74 Å². The molecule has 27 heavy (non-hydrogen) atoms. The van der Waals surface area contributed by atoms with Crippen molar-refractivity contribution in [2.24, 2.45) is 0 Å². The molecule has 0 aliphatic carbocycles. The Morgan fingerprint density at radius 2 is 1.96 bits per heavy atom. The number of nitrogens with zero attached hydrogens (tertiary/aromatic N) is 1. The molecule has 140 valence electrons. The van der Waals surface area contributed by atoms with Gasteiger partial charge >= 0.3 is 5.97 Å². The first kappa shape index (κ1) is 18.4. The van der Waals surface area contributed by atoms with Crippen LogP contribution in [0.3, 0.4) is 0 Å². The average molecular weight is 368 g/mol. The summed E-state index contributed by atoms with van der Waals surface area (Å²) >= 11 is 0. The van der Waals surface area contributed by atoms with Gasteiger partial charge in [0.25, 0.3) is 5.91 Å². The number of carbonyl (C=O) groups excluding carboxylic acids is 2. The topological polar surface area (TPSA) is 95.9 Å². The van der Waals surface area contributed by atoms with Crippen molar-refractivity contribution in [1.82, 2.24) is 5.32 Å². The summed E-state index contributed by atoms with van der Waals surface area (Å²) in [6.07, 6.45) is 0.719. The lowest BCUT2D eigenvalue weighted by Gasteiger charge is -2.15. The third kappa shape index (κ3) is 3.76. The van der Waals surface area contributed by atoms with Crippen molar-refractivity contribution in [3.05, 3.63) is 58.7 Å². The molecule has 2 N–H and O–H groups in total. The van der Waals surface area contributed by atoms with Crippen LogP contribution in [0.1, 0.15) is 38.8 Å². The van der Waals surface area contributed by atoms with Gasteiger partial charge in [-0.1, -0.05) is 6.07 Å². The number of carboxylic acids is 1. The van der Waals surface area contributed by atoms with Crippen LogP contribution in [-0.4, -0.2) is 36.5 Å². The number of rotatable bonds is 5. The molecular formula is C20H20N2O5. The van der Waals surface area contributed by atoms with Crippen molar-refractivity contribution in [3.8, 4) is 5.75 Å². The Balaban J connectivity index is 1.71. The number of ether oxygens (including phenoxy) is 1. The first-order chi connectivity index (χ1) is 12.9. The van der Waals surface area contributed by atoms with Crippen LogP contribution in [0.5, 0.6) is 5.75 Å². The fraction of sp³-hybridized carbons (Fsp3) is 0.250. The van der Waals surface area contributed by atoms with Crippen LogP contribution in [0.15, 0.2) is 36.4 Å². The zero-order valence-electron chi connectivity index (χ0n) is 15.1. The second kappa shape index (κ2) is 7.49. The van der Waals surface area contributed by atoms with Gasteiger partial charge in [-0.25, -0.2) is 4.79 Å². The van der Waals surface area contributed by atoms with Crippen LogP contribution in [0.4, 0.5) is 5.69 Å². The van der Waals surface area contributed by atoms with E-state index in [0.717, 1.165) is 17.7 Å². The van der Waals surface area contributed by atoms with Crippen molar-refractivity contribution < 1.29 is 24.2 Å². The fourth-order valence-electron chi connectivity index (χ4n) is 3.19. The normalized spacial score (nSPS) is 12.4. The Morgan fingerprint density at radius 1 is 1.19 bits per heavy atom. The minimum absolute atomic E-state index is 0.0142. The highest BCUT2D eigenvalue weighted by Gasteiger charge is 2.23. The minimum Gasteiger partial charge on any atom is -0.496 e. The predicted octanol–water partition coefficient (Wildman–Crippen LogP) is 2.23. The molecule has 0 saturated carbocycles. The monoisotopic (exact) mass is 368 g/mol. The molecule has 0 spiro atoms. The third-order valence-corrected chi connectivity index (χ3v) is 4.56. The average Bonchev–Trinajstić information content (AvgIpc) is 3.09. The molecule has 1 aliphatic heterocycles. The zero-order chi connectivity index (χ0) is 19.6. The molecule has 0 fully saturated rings. The fourth-order valence-corrected chi connectivity index (χ4v) is 3.19. The molecule has 7 nitrogen and oxygen atoms in total. The Labute approximate surface area is 156 Å². The zero-order valence-corrected chi connectivity index (χ0v) is 15.1. The number of nitrogens with one attached hydrogen (secondary N) is 1. The number of aromatic carboxylic acids is 1. The van der Waals surface area contributed by atoms with E-state index >= 15 is 0 Å². The SMILES string of the molecule is COc1ccc(CNC(=O)c2ccc3c(c2)CCN3C(C)=O)cc1C(=O)O. The van der Waals surface area contributed by atoms with E-state index in [-0.39, 0.29) is 29.7 Å². The number of carboxylic acid groups (broad SMARTS) is 1. The Kier molecular flexibility index (Phi) is 5.12. The smallest absolute Gasteiger partial charge is 0.339 e. The summed E-state index contributed by atoms with van der Waals surface area (Å²) in [6.45, 7) is 2.34. The Morgan fingerprint density at radius 3 is 2.63 bits per heavy atom. The van der Waals surface area contributed by atoms with E-state index in [2.05, 4.69) is 5.32 Å². The molecule has 0 unspecified atom stereocenters. The Hall–Kier alpha value is -3.35. The van der Waals surface area contributed by atoms with E-state index < -0.39 is 5.97 Å². The predicted molar refractivity (Wildman–Crippen MR) is 99.3 cm³/mol. The van der Waals surface area contributed by atoms with Gasteiger partial charge in [0.15, 0.2) is 0 Å². The molecule has 3 rings (SSSR count). The summed E-state index contributed by atoms with van der Waals surface area (Å²) in [5, 5.41) is 12.0. The third-order valence-electron chi connectivity index (χ3n) is 4.56. The van der Waals surface area contributed by atoms with Crippen LogP contribution in [0.25, 0.3) is 0 Å². The van der Waals surface area contributed by atoms with E-state index in [1.807, 2.05) is 0 Å². The van der Waals surface area contributed by atoms with Crippen molar-refractivity contribution in [1.29, 1.82) is 0 Å². The molecule has 0 radical (unpaired) electrons. The number of benzene rings is 2. The standard InChI is InChI=1S/C20H20N2O5/c1-12(23)22-8-7-14-10-15(4-5-17(14)22)19(24)21-11-13-3-6-18(27-2)16(9-13)20(25)26/h3-6,9-10H,7-8,11H2,1-2H3,(H,21,24)(H,25,26). The number of anilines is 1. The van der Waals surface area contributed by atoms with Gasteiger partial charge in [-0.15, -0.1) is 0 Å². The highest BCUT2D eigenvalue weighted by Crippen LogP contribution is 2.29. The summed E-state index contributed by atoms with van der Waals surface area (Å²) < 4.78 is 5.03.